The SMILES string of the molecule is CC(F)(F)c1cc2c(c(C(CN)C(=O)O)c1)OCO2. The quantitative estimate of drug-likeness (QED) is 0.871. The third-order valence-electron chi connectivity index (χ3n) is 2.92. The highest BCUT2D eigenvalue weighted by Gasteiger charge is 2.33. The van der Waals surface area contributed by atoms with Gasteiger partial charge in [0.15, 0.2) is 11.5 Å². The zero-order chi connectivity index (χ0) is 14.2. The Hall–Kier alpha value is -1.89. The third kappa shape index (κ3) is 2.46. The fraction of sp³-hybridized carbons (Fsp3) is 0.417. The molecule has 1 atom stereocenters. The number of nitrogens with two attached hydrogens (primary N) is 1. The van der Waals surface area contributed by atoms with Crippen LogP contribution in [0.1, 0.15) is 24.0 Å². The number of fused-ring (bicyclic) bond motifs is 1. The lowest BCUT2D eigenvalue weighted by molar-refractivity contribution is -0.138. The van der Waals surface area contributed by atoms with Crippen LogP contribution in [0.15, 0.2) is 12.1 Å². The minimum Gasteiger partial charge on any atom is -0.481 e. The summed E-state index contributed by atoms with van der Waals surface area (Å²) in [5.41, 5.74) is 5.18. The topological polar surface area (TPSA) is 81.8 Å². The van der Waals surface area contributed by atoms with Gasteiger partial charge in [-0.2, -0.15) is 0 Å². The third-order valence-corrected chi connectivity index (χ3v) is 2.92. The number of alkyl halides is 2. The molecule has 2 rings (SSSR count). The van der Waals surface area contributed by atoms with Gasteiger partial charge in [0.2, 0.25) is 6.79 Å². The van der Waals surface area contributed by atoms with Gasteiger partial charge in [-0.3, -0.25) is 4.79 Å². The second kappa shape index (κ2) is 4.65. The number of benzene rings is 1. The Kier molecular flexibility index (Phi) is 3.32. The molecular weight excluding hydrogens is 260 g/mol. The predicted molar refractivity (Wildman–Crippen MR) is 61.6 cm³/mol. The van der Waals surface area contributed by atoms with Gasteiger partial charge in [-0.25, -0.2) is 8.78 Å². The lowest BCUT2D eigenvalue weighted by atomic mass is 9.94. The highest BCUT2D eigenvalue weighted by molar-refractivity contribution is 5.78. The van der Waals surface area contributed by atoms with Crippen LogP contribution < -0.4 is 15.2 Å². The molecule has 1 unspecified atom stereocenters. The van der Waals surface area contributed by atoms with Crippen molar-refractivity contribution in [3.8, 4) is 11.5 Å². The fourth-order valence-corrected chi connectivity index (χ4v) is 1.91. The largest absolute Gasteiger partial charge is 0.481 e. The molecular formula is C12H13F2NO4. The fourth-order valence-electron chi connectivity index (χ4n) is 1.91. The summed E-state index contributed by atoms with van der Waals surface area (Å²) in [6.45, 7) is 0.383. The second-order valence-electron chi connectivity index (χ2n) is 4.31. The summed E-state index contributed by atoms with van der Waals surface area (Å²) < 4.78 is 37.0. The number of rotatable bonds is 4. The molecule has 0 aliphatic carbocycles. The lowest BCUT2D eigenvalue weighted by Gasteiger charge is -2.17. The van der Waals surface area contributed by atoms with Crippen molar-refractivity contribution in [3.63, 3.8) is 0 Å². The van der Waals surface area contributed by atoms with Gasteiger partial charge in [0.05, 0.1) is 5.92 Å². The van der Waals surface area contributed by atoms with E-state index in [4.69, 9.17) is 20.3 Å². The average molecular weight is 273 g/mol. The number of aliphatic carboxylic acids is 1. The van der Waals surface area contributed by atoms with Crippen molar-refractivity contribution >= 4 is 5.97 Å². The average Bonchev–Trinajstić information content (AvgIpc) is 2.76. The molecule has 1 aromatic rings. The summed E-state index contributed by atoms with van der Waals surface area (Å²) in [5, 5.41) is 9.09. The van der Waals surface area contributed by atoms with Crippen molar-refractivity contribution in [2.45, 2.75) is 18.8 Å². The van der Waals surface area contributed by atoms with Gasteiger partial charge in [-0.15, -0.1) is 0 Å². The number of carbonyl (C=O) groups is 1. The summed E-state index contributed by atoms with van der Waals surface area (Å²) in [7, 11) is 0. The van der Waals surface area contributed by atoms with Crippen LogP contribution in [-0.2, 0) is 10.7 Å². The number of carboxylic acids is 1. The first-order valence-electron chi connectivity index (χ1n) is 5.59. The summed E-state index contributed by atoms with van der Waals surface area (Å²) >= 11 is 0. The van der Waals surface area contributed by atoms with Gasteiger partial charge in [0.25, 0.3) is 5.92 Å². The van der Waals surface area contributed by atoms with Crippen LogP contribution in [-0.4, -0.2) is 24.4 Å². The van der Waals surface area contributed by atoms with Gasteiger partial charge in [-0.05, 0) is 12.1 Å². The zero-order valence-corrected chi connectivity index (χ0v) is 10.2. The molecule has 1 aliphatic rings. The number of halogens is 2. The summed E-state index contributed by atoms with van der Waals surface area (Å²) in [6, 6.07) is 2.26. The molecule has 0 saturated carbocycles. The normalized spacial score (nSPS) is 15.4. The molecule has 1 heterocycles. The Bertz CT molecular complexity index is 513. The maximum atomic E-state index is 13.4. The molecule has 0 fully saturated rings. The Morgan fingerprint density at radius 3 is 2.74 bits per heavy atom. The predicted octanol–water partition coefficient (Wildman–Crippen LogP) is 1.65. The number of ether oxygens (including phenoxy) is 2. The summed E-state index contributed by atoms with van der Waals surface area (Å²) in [4.78, 5) is 11.1. The minimum atomic E-state index is -3.10. The first-order chi connectivity index (χ1) is 8.84. The van der Waals surface area contributed by atoms with E-state index in [-0.39, 0.29) is 36.0 Å². The molecule has 3 N–H and O–H groups in total. The smallest absolute Gasteiger partial charge is 0.312 e. The van der Waals surface area contributed by atoms with Gasteiger partial charge in [0.1, 0.15) is 0 Å². The first-order valence-corrected chi connectivity index (χ1v) is 5.59. The molecule has 1 aliphatic heterocycles. The second-order valence-corrected chi connectivity index (χ2v) is 4.31. The van der Waals surface area contributed by atoms with Gasteiger partial charge in [-0.1, -0.05) is 0 Å². The molecule has 0 radical (unpaired) electrons. The van der Waals surface area contributed by atoms with Gasteiger partial charge < -0.3 is 20.3 Å². The van der Waals surface area contributed by atoms with E-state index in [1.54, 1.807) is 0 Å². The van der Waals surface area contributed by atoms with Crippen molar-refractivity contribution < 1.29 is 28.2 Å². The standard InChI is InChI=1S/C12H13F2NO4/c1-12(13,14)6-2-7(8(4-15)11(16)17)10-9(3-6)18-5-19-10/h2-3,8H,4-5,15H2,1H3,(H,16,17). The molecule has 5 nitrogen and oxygen atoms in total. The van der Waals surface area contributed by atoms with Crippen molar-refractivity contribution in [2.75, 3.05) is 13.3 Å². The van der Waals surface area contributed by atoms with Crippen molar-refractivity contribution in [1.82, 2.24) is 0 Å². The molecule has 0 bridgehead atoms. The van der Waals surface area contributed by atoms with Crippen LogP contribution in [0.5, 0.6) is 11.5 Å². The Morgan fingerprint density at radius 1 is 1.53 bits per heavy atom. The van der Waals surface area contributed by atoms with E-state index in [0.717, 1.165) is 19.1 Å². The van der Waals surface area contributed by atoms with Gasteiger partial charge >= 0.3 is 5.97 Å². The van der Waals surface area contributed by atoms with Crippen LogP contribution in [0.4, 0.5) is 8.78 Å². The Morgan fingerprint density at radius 2 is 2.21 bits per heavy atom. The number of carboxylic acid groups (broad SMARTS) is 1. The van der Waals surface area contributed by atoms with E-state index < -0.39 is 17.8 Å². The van der Waals surface area contributed by atoms with Crippen LogP contribution in [0.25, 0.3) is 0 Å². The van der Waals surface area contributed by atoms with Crippen molar-refractivity contribution in [3.05, 3.63) is 23.3 Å². The Labute approximate surface area is 107 Å². The minimum absolute atomic E-state index is 0.113. The zero-order valence-electron chi connectivity index (χ0n) is 10.2. The molecule has 0 saturated heterocycles. The van der Waals surface area contributed by atoms with E-state index >= 15 is 0 Å². The van der Waals surface area contributed by atoms with Gasteiger partial charge in [0, 0.05) is 24.6 Å². The number of hydrogen-bond donors (Lipinski definition) is 2. The monoisotopic (exact) mass is 273 g/mol. The molecule has 0 amide bonds. The Balaban J connectivity index is 2.59. The van der Waals surface area contributed by atoms with Crippen LogP contribution in [0.3, 0.4) is 0 Å². The molecule has 19 heavy (non-hydrogen) atoms. The van der Waals surface area contributed by atoms with Crippen LogP contribution in [0, 0.1) is 0 Å². The highest BCUT2D eigenvalue weighted by atomic mass is 19.3. The molecule has 7 heteroatoms. The first kappa shape index (κ1) is 13.5. The summed E-state index contributed by atoms with van der Waals surface area (Å²) in [5.74, 6) is -5.12. The maximum Gasteiger partial charge on any atom is 0.312 e. The van der Waals surface area contributed by atoms with E-state index in [9.17, 15) is 13.6 Å². The van der Waals surface area contributed by atoms with E-state index in [1.165, 1.54) is 0 Å². The van der Waals surface area contributed by atoms with E-state index in [1.807, 2.05) is 0 Å². The maximum absolute atomic E-state index is 13.4. The van der Waals surface area contributed by atoms with Crippen LogP contribution in [0.2, 0.25) is 0 Å². The molecule has 104 valence electrons. The lowest BCUT2D eigenvalue weighted by Crippen LogP contribution is -2.22. The van der Waals surface area contributed by atoms with E-state index in [2.05, 4.69) is 0 Å². The molecule has 0 aromatic heterocycles. The molecule has 1 aromatic carbocycles. The van der Waals surface area contributed by atoms with Crippen LogP contribution >= 0.6 is 0 Å². The summed E-state index contributed by atoms with van der Waals surface area (Å²) in [6.07, 6.45) is 0. The van der Waals surface area contributed by atoms with Crippen molar-refractivity contribution in [1.29, 1.82) is 0 Å². The highest BCUT2D eigenvalue weighted by Crippen LogP contribution is 2.43. The van der Waals surface area contributed by atoms with Crippen molar-refractivity contribution in [2.24, 2.45) is 5.73 Å². The number of hydrogen-bond acceptors (Lipinski definition) is 4. The van der Waals surface area contributed by atoms with E-state index in [0.29, 0.717) is 0 Å². The molecule has 0 spiro atoms.